The molecule has 4 nitrogen and oxygen atoms in total. The molecule has 0 N–H and O–H groups in total. The van der Waals surface area contributed by atoms with E-state index in [-0.39, 0.29) is 0 Å². The van der Waals surface area contributed by atoms with E-state index in [0.717, 1.165) is 26.1 Å². The van der Waals surface area contributed by atoms with E-state index in [2.05, 4.69) is 59.0 Å². The molecule has 0 unspecified atom stereocenters. The Kier molecular flexibility index (Phi) is 5.84. The number of nitrogens with zero attached hydrogens (tertiary/aromatic N) is 3. The summed E-state index contributed by atoms with van der Waals surface area (Å²) in [5.74, 6) is 2.23. The van der Waals surface area contributed by atoms with Crippen molar-refractivity contribution in [1.82, 2.24) is 14.7 Å². The molecular formula is C23H35N3O. The Bertz CT molecular complexity index is 626. The van der Waals surface area contributed by atoms with Crippen LogP contribution in [0.3, 0.4) is 0 Å². The standard InChI is InChI=1S/C23H35N3O/c1-3-11-25-12-9-18(10-13-25)14-22(27)26-16-20-15-24(2)23(21(20)17-26)19-7-5-4-6-8-19/h4-8,18,20-21,23H,3,9-17H2,1-2H3/t20-,21+,23-/m0/s1. The fraction of sp³-hybridized carbons (Fsp3) is 0.696. The summed E-state index contributed by atoms with van der Waals surface area (Å²) in [5.41, 5.74) is 1.41. The average Bonchev–Trinajstić information content (AvgIpc) is 3.21. The molecule has 3 aliphatic rings. The Hall–Kier alpha value is -1.39. The maximum absolute atomic E-state index is 13.0. The second kappa shape index (κ2) is 8.32. The quantitative estimate of drug-likeness (QED) is 0.797. The molecule has 4 heteroatoms. The molecule has 0 radical (unpaired) electrons. The molecule has 0 bridgehead atoms. The predicted octanol–water partition coefficient (Wildman–Crippen LogP) is 3.26. The first-order chi connectivity index (χ1) is 13.2. The smallest absolute Gasteiger partial charge is 0.222 e. The summed E-state index contributed by atoms with van der Waals surface area (Å²) in [6.07, 6.45) is 4.39. The van der Waals surface area contributed by atoms with Gasteiger partial charge >= 0.3 is 0 Å². The van der Waals surface area contributed by atoms with Gasteiger partial charge in [0.1, 0.15) is 0 Å². The maximum Gasteiger partial charge on any atom is 0.222 e. The minimum absolute atomic E-state index is 0.410. The Morgan fingerprint density at radius 3 is 2.52 bits per heavy atom. The number of amides is 1. The third-order valence-electron chi connectivity index (χ3n) is 7.10. The van der Waals surface area contributed by atoms with Crippen molar-refractivity contribution in [2.24, 2.45) is 17.8 Å². The lowest BCUT2D eigenvalue weighted by Crippen LogP contribution is -2.38. The van der Waals surface area contributed by atoms with Crippen LogP contribution in [-0.2, 0) is 4.79 Å². The molecule has 3 aliphatic heterocycles. The molecule has 1 aromatic rings. The second-order valence-corrected chi connectivity index (χ2v) is 9.01. The molecular weight excluding hydrogens is 334 g/mol. The van der Waals surface area contributed by atoms with Crippen molar-refractivity contribution >= 4 is 5.91 Å². The van der Waals surface area contributed by atoms with E-state index in [0.29, 0.717) is 29.7 Å². The van der Waals surface area contributed by atoms with Gasteiger partial charge in [0.25, 0.3) is 0 Å². The van der Waals surface area contributed by atoms with E-state index in [1.54, 1.807) is 0 Å². The van der Waals surface area contributed by atoms with Gasteiger partial charge in [0.05, 0.1) is 0 Å². The molecule has 3 heterocycles. The highest BCUT2D eigenvalue weighted by atomic mass is 16.2. The van der Waals surface area contributed by atoms with E-state index < -0.39 is 0 Å². The van der Waals surface area contributed by atoms with Crippen molar-refractivity contribution < 1.29 is 4.79 Å². The molecule has 1 aromatic carbocycles. The van der Waals surface area contributed by atoms with Crippen LogP contribution in [0.4, 0.5) is 0 Å². The number of fused-ring (bicyclic) bond motifs is 1. The molecule has 0 aliphatic carbocycles. The second-order valence-electron chi connectivity index (χ2n) is 9.01. The number of benzene rings is 1. The normalized spacial score (nSPS) is 30.0. The van der Waals surface area contributed by atoms with Crippen molar-refractivity contribution in [2.45, 2.75) is 38.6 Å². The Morgan fingerprint density at radius 1 is 1.07 bits per heavy atom. The number of carbonyl (C=O) groups is 1. The van der Waals surface area contributed by atoms with Gasteiger partial charge in [0.2, 0.25) is 5.91 Å². The SMILES string of the molecule is CCCN1CCC(CC(=O)N2C[C@@H]3CN(C)[C@@H](c4ccccc4)[C@@H]3C2)CC1. The van der Waals surface area contributed by atoms with Gasteiger partial charge in [0.15, 0.2) is 0 Å². The number of likely N-dealkylation sites (tertiary alicyclic amines) is 3. The fourth-order valence-corrected chi connectivity index (χ4v) is 5.72. The lowest BCUT2D eigenvalue weighted by molar-refractivity contribution is -0.132. The van der Waals surface area contributed by atoms with E-state index in [1.165, 1.54) is 44.5 Å². The van der Waals surface area contributed by atoms with E-state index in [1.807, 2.05) is 0 Å². The van der Waals surface area contributed by atoms with Gasteiger partial charge in [0, 0.05) is 38.0 Å². The number of hydrogen-bond acceptors (Lipinski definition) is 3. The summed E-state index contributed by atoms with van der Waals surface area (Å²) in [6, 6.07) is 11.3. The third-order valence-corrected chi connectivity index (χ3v) is 7.10. The van der Waals surface area contributed by atoms with Crippen LogP contribution in [0.15, 0.2) is 30.3 Å². The summed E-state index contributed by atoms with van der Waals surface area (Å²) in [4.78, 5) is 20.2. The lowest BCUT2D eigenvalue weighted by atomic mass is 9.90. The van der Waals surface area contributed by atoms with Gasteiger partial charge in [-0.05, 0) is 63.3 Å². The van der Waals surface area contributed by atoms with Crippen LogP contribution in [0.5, 0.6) is 0 Å². The van der Waals surface area contributed by atoms with Gasteiger partial charge in [-0.1, -0.05) is 37.3 Å². The summed E-state index contributed by atoms with van der Waals surface area (Å²) in [5, 5.41) is 0. The van der Waals surface area contributed by atoms with E-state index in [9.17, 15) is 4.79 Å². The van der Waals surface area contributed by atoms with Gasteiger partial charge in [-0.3, -0.25) is 9.69 Å². The largest absolute Gasteiger partial charge is 0.342 e. The maximum atomic E-state index is 13.0. The van der Waals surface area contributed by atoms with Crippen molar-refractivity contribution in [3.63, 3.8) is 0 Å². The topological polar surface area (TPSA) is 26.8 Å². The zero-order valence-electron chi connectivity index (χ0n) is 17.0. The van der Waals surface area contributed by atoms with Crippen molar-refractivity contribution in [3.05, 3.63) is 35.9 Å². The molecule has 3 fully saturated rings. The van der Waals surface area contributed by atoms with E-state index >= 15 is 0 Å². The first kappa shape index (κ1) is 18.9. The Balaban J connectivity index is 1.32. The molecule has 3 saturated heterocycles. The molecule has 0 spiro atoms. The molecule has 1 amide bonds. The van der Waals surface area contributed by atoms with Gasteiger partial charge in [-0.25, -0.2) is 0 Å². The molecule has 0 aromatic heterocycles. The van der Waals surface area contributed by atoms with Gasteiger partial charge in [-0.2, -0.15) is 0 Å². The zero-order valence-corrected chi connectivity index (χ0v) is 17.0. The van der Waals surface area contributed by atoms with Crippen LogP contribution in [0.1, 0.15) is 44.2 Å². The third kappa shape index (κ3) is 4.07. The number of rotatable bonds is 5. The minimum atomic E-state index is 0.410. The molecule has 0 saturated carbocycles. The molecule has 4 rings (SSSR count). The van der Waals surface area contributed by atoms with Crippen LogP contribution < -0.4 is 0 Å². The van der Waals surface area contributed by atoms with Crippen LogP contribution in [-0.4, -0.2) is 66.9 Å². The average molecular weight is 370 g/mol. The lowest BCUT2D eigenvalue weighted by Gasteiger charge is -2.32. The first-order valence-electron chi connectivity index (χ1n) is 10.9. The fourth-order valence-electron chi connectivity index (χ4n) is 5.72. The molecule has 3 atom stereocenters. The predicted molar refractivity (Wildman–Crippen MR) is 109 cm³/mol. The summed E-state index contributed by atoms with van der Waals surface area (Å²) in [7, 11) is 2.24. The van der Waals surface area contributed by atoms with Gasteiger partial charge < -0.3 is 9.80 Å². The Morgan fingerprint density at radius 2 is 1.81 bits per heavy atom. The van der Waals surface area contributed by atoms with E-state index in [4.69, 9.17) is 0 Å². The summed E-state index contributed by atoms with van der Waals surface area (Å²) >= 11 is 0. The first-order valence-corrected chi connectivity index (χ1v) is 10.9. The Labute approximate surface area is 164 Å². The van der Waals surface area contributed by atoms with Crippen LogP contribution in [0.25, 0.3) is 0 Å². The zero-order chi connectivity index (χ0) is 18.8. The monoisotopic (exact) mass is 369 g/mol. The summed E-state index contributed by atoms with van der Waals surface area (Å²) in [6.45, 7) is 8.84. The number of carbonyl (C=O) groups excluding carboxylic acids is 1. The van der Waals surface area contributed by atoms with Gasteiger partial charge in [-0.15, -0.1) is 0 Å². The van der Waals surface area contributed by atoms with Crippen molar-refractivity contribution in [2.75, 3.05) is 46.3 Å². The number of hydrogen-bond donors (Lipinski definition) is 0. The van der Waals surface area contributed by atoms with Crippen LogP contribution >= 0.6 is 0 Å². The molecule has 27 heavy (non-hydrogen) atoms. The highest BCUT2D eigenvalue weighted by molar-refractivity contribution is 5.76. The molecule has 148 valence electrons. The highest BCUT2D eigenvalue weighted by Crippen LogP contribution is 2.44. The van der Waals surface area contributed by atoms with Crippen molar-refractivity contribution in [3.8, 4) is 0 Å². The minimum Gasteiger partial charge on any atom is -0.342 e. The summed E-state index contributed by atoms with van der Waals surface area (Å²) < 4.78 is 0. The van der Waals surface area contributed by atoms with Crippen molar-refractivity contribution in [1.29, 1.82) is 0 Å². The van der Waals surface area contributed by atoms with Crippen LogP contribution in [0, 0.1) is 17.8 Å². The number of piperidine rings is 1. The highest BCUT2D eigenvalue weighted by Gasteiger charge is 2.47. The van der Waals surface area contributed by atoms with Crippen LogP contribution in [0.2, 0.25) is 0 Å².